The van der Waals surface area contributed by atoms with E-state index >= 15 is 0 Å². The van der Waals surface area contributed by atoms with Crippen molar-refractivity contribution >= 4 is 40.0 Å². The first kappa shape index (κ1) is 20.9. The molecule has 0 spiro atoms. The van der Waals surface area contributed by atoms with E-state index in [1.165, 1.54) is 23.6 Å². The zero-order valence-corrected chi connectivity index (χ0v) is 16.2. The van der Waals surface area contributed by atoms with Crippen LogP contribution in [0.5, 0.6) is 0 Å². The summed E-state index contributed by atoms with van der Waals surface area (Å²) in [6.45, 7) is 4.88. The van der Waals surface area contributed by atoms with E-state index in [9.17, 15) is 8.42 Å². The number of nitrogens with one attached hydrogen (secondary N) is 1. The first-order valence-corrected chi connectivity index (χ1v) is 9.14. The Labute approximate surface area is 146 Å². The average molecular weight is 432 g/mol. The predicted molar refractivity (Wildman–Crippen MR) is 98.6 cm³/mol. The molecule has 1 saturated carbocycles. The van der Waals surface area contributed by atoms with Gasteiger partial charge in [-0.2, -0.15) is 0 Å². The molecule has 0 atom stereocenters. The molecule has 1 aliphatic rings. The highest BCUT2D eigenvalue weighted by Crippen LogP contribution is 2.16. The SMILES string of the molecule is CCN(CC)S(=O)(=O)CCN=C(N)NC1CCCCC1.I. The fourth-order valence-electron chi connectivity index (χ4n) is 2.53. The number of nitrogens with zero attached hydrogens (tertiary/aromatic N) is 2. The third-order valence-electron chi connectivity index (χ3n) is 3.69. The summed E-state index contributed by atoms with van der Waals surface area (Å²) in [5.74, 6) is 0.383. The molecular weight excluding hydrogens is 403 g/mol. The number of hydrogen-bond donors (Lipinski definition) is 2. The van der Waals surface area contributed by atoms with Gasteiger partial charge in [-0.15, -0.1) is 24.0 Å². The minimum Gasteiger partial charge on any atom is -0.370 e. The first-order chi connectivity index (χ1) is 9.49. The molecule has 1 aliphatic carbocycles. The highest BCUT2D eigenvalue weighted by molar-refractivity contribution is 14.0. The van der Waals surface area contributed by atoms with Crippen LogP contribution in [0.3, 0.4) is 0 Å². The fraction of sp³-hybridized carbons (Fsp3) is 0.923. The predicted octanol–water partition coefficient (Wildman–Crippen LogP) is 1.51. The minimum atomic E-state index is -3.21. The lowest BCUT2D eigenvalue weighted by molar-refractivity contribution is 0.412. The molecule has 1 rings (SSSR count). The zero-order chi connectivity index (χ0) is 15.0. The third-order valence-corrected chi connectivity index (χ3v) is 5.69. The second kappa shape index (κ2) is 10.6. The number of hydrogen-bond acceptors (Lipinski definition) is 3. The van der Waals surface area contributed by atoms with Gasteiger partial charge in [0.25, 0.3) is 0 Å². The summed E-state index contributed by atoms with van der Waals surface area (Å²) in [5.41, 5.74) is 5.81. The molecule has 0 aromatic rings. The van der Waals surface area contributed by atoms with E-state index in [4.69, 9.17) is 5.73 Å². The van der Waals surface area contributed by atoms with Crippen molar-refractivity contribution in [1.82, 2.24) is 9.62 Å². The minimum absolute atomic E-state index is 0. The summed E-state index contributed by atoms with van der Waals surface area (Å²) in [5, 5.41) is 3.18. The number of halogens is 1. The summed E-state index contributed by atoms with van der Waals surface area (Å²) in [7, 11) is -3.21. The zero-order valence-electron chi connectivity index (χ0n) is 13.0. The second-order valence-corrected chi connectivity index (χ2v) is 7.24. The van der Waals surface area contributed by atoms with Gasteiger partial charge in [0.2, 0.25) is 10.0 Å². The van der Waals surface area contributed by atoms with Gasteiger partial charge >= 0.3 is 0 Å². The maximum Gasteiger partial charge on any atom is 0.215 e. The Morgan fingerprint density at radius 3 is 2.33 bits per heavy atom. The second-order valence-electron chi connectivity index (χ2n) is 5.15. The van der Waals surface area contributed by atoms with E-state index in [0.717, 1.165) is 12.8 Å². The van der Waals surface area contributed by atoms with E-state index in [2.05, 4.69) is 10.3 Å². The van der Waals surface area contributed by atoms with Crippen molar-refractivity contribution in [3.05, 3.63) is 0 Å². The van der Waals surface area contributed by atoms with E-state index in [1.54, 1.807) is 0 Å². The first-order valence-electron chi connectivity index (χ1n) is 7.53. The summed E-state index contributed by atoms with van der Waals surface area (Å²) < 4.78 is 25.4. The van der Waals surface area contributed by atoms with E-state index in [1.807, 2.05) is 13.8 Å². The molecule has 0 radical (unpaired) electrons. The summed E-state index contributed by atoms with van der Waals surface area (Å²) in [6, 6.07) is 0.395. The van der Waals surface area contributed by atoms with Gasteiger partial charge in [-0.25, -0.2) is 12.7 Å². The molecule has 0 aliphatic heterocycles. The van der Waals surface area contributed by atoms with Crippen molar-refractivity contribution in [1.29, 1.82) is 0 Å². The Kier molecular flexibility index (Phi) is 10.6. The van der Waals surface area contributed by atoms with Crippen molar-refractivity contribution in [2.45, 2.75) is 52.0 Å². The smallest absolute Gasteiger partial charge is 0.215 e. The van der Waals surface area contributed by atoms with Gasteiger partial charge < -0.3 is 11.1 Å². The van der Waals surface area contributed by atoms with Crippen LogP contribution in [-0.2, 0) is 10.0 Å². The van der Waals surface area contributed by atoms with Crippen molar-refractivity contribution in [3.63, 3.8) is 0 Å². The Bertz CT molecular complexity index is 404. The Balaban J connectivity index is 0.00000400. The summed E-state index contributed by atoms with van der Waals surface area (Å²) in [4.78, 5) is 4.13. The molecule has 0 amide bonds. The highest BCUT2D eigenvalue weighted by atomic mass is 127. The van der Waals surface area contributed by atoms with Crippen molar-refractivity contribution in [2.75, 3.05) is 25.4 Å². The summed E-state index contributed by atoms with van der Waals surface area (Å²) >= 11 is 0. The fourth-order valence-corrected chi connectivity index (χ4v) is 3.90. The molecule has 0 unspecified atom stereocenters. The molecule has 0 heterocycles. The van der Waals surface area contributed by atoms with Crippen LogP contribution in [-0.4, -0.2) is 50.1 Å². The Hall–Kier alpha value is -0.0900. The Morgan fingerprint density at radius 1 is 1.24 bits per heavy atom. The highest BCUT2D eigenvalue weighted by Gasteiger charge is 2.18. The number of sulfonamides is 1. The molecule has 0 aromatic heterocycles. The van der Waals surface area contributed by atoms with Gasteiger partial charge in [0.05, 0.1) is 12.3 Å². The monoisotopic (exact) mass is 432 g/mol. The van der Waals surface area contributed by atoms with Crippen LogP contribution in [0.2, 0.25) is 0 Å². The molecule has 126 valence electrons. The maximum absolute atomic E-state index is 12.0. The van der Waals surface area contributed by atoms with Gasteiger partial charge in [0, 0.05) is 19.1 Å². The number of guanidine groups is 1. The number of aliphatic imine (C=N–C) groups is 1. The van der Waals surface area contributed by atoms with Crippen LogP contribution >= 0.6 is 24.0 Å². The molecule has 6 nitrogen and oxygen atoms in total. The van der Waals surface area contributed by atoms with Crippen molar-refractivity contribution < 1.29 is 8.42 Å². The maximum atomic E-state index is 12.0. The lowest BCUT2D eigenvalue weighted by atomic mass is 9.96. The number of nitrogens with two attached hydrogens (primary N) is 1. The average Bonchev–Trinajstić information content (AvgIpc) is 2.40. The lowest BCUT2D eigenvalue weighted by Gasteiger charge is -2.23. The largest absolute Gasteiger partial charge is 0.370 e. The Morgan fingerprint density at radius 2 is 1.81 bits per heavy atom. The third kappa shape index (κ3) is 7.64. The standard InChI is InChI=1S/C13H28N4O2S.HI/c1-3-17(4-2)20(18,19)11-10-15-13(14)16-12-8-6-5-7-9-12;/h12H,3-11H2,1-2H3,(H3,14,15,16);1H. The van der Waals surface area contributed by atoms with Crippen molar-refractivity contribution in [3.8, 4) is 0 Å². The molecule has 1 fully saturated rings. The molecule has 8 heteroatoms. The molecule has 3 N–H and O–H groups in total. The van der Waals surface area contributed by atoms with Crippen molar-refractivity contribution in [2.24, 2.45) is 10.7 Å². The van der Waals surface area contributed by atoms with Gasteiger partial charge in [-0.05, 0) is 12.8 Å². The van der Waals surface area contributed by atoms with E-state index in [-0.39, 0.29) is 36.3 Å². The lowest BCUT2D eigenvalue weighted by Crippen LogP contribution is -2.41. The molecule has 0 saturated heterocycles. The van der Waals surface area contributed by atoms with Crippen LogP contribution in [0, 0.1) is 0 Å². The van der Waals surface area contributed by atoms with E-state index in [0.29, 0.717) is 25.1 Å². The quantitative estimate of drug-likeness (QED) is 0.363. The van der Waals surface area contributed by atoms with Crippen LogP contribution in [0.4, 0.5) is 0 Å². The normalized spacial score (nSPS) is 17.6. The van der Waals surface area contributed by atoms with E-state index < -0.39 is 10.0 Å². The molecule has 0 aromatic carbocycles. The van der Waals surface area contributed by atoms with Crippen LogP contribution in [0.25, 0.3) is 0 Å². The number of rotatable bonds is 7. The molecule has 0 bridgehead atoms. The topological polar surface area (TPSA) is 87.8 Å². The molecular formula is C13H29IN4O2S. The molecule has 21 heavy (non-hydrogen) atoms. The van der Waals surface area contributed by atoms with Gasteiger partial charge in [0.15, 0.2) is 5.96 Å². The van der Waals surface area contributed by atoms with Gasteiger partial charge in [0.1, 0.15) is 0 Å². The van der Waals surface area contributed by atoms with Gasteiger partial charge in [-0.3, -0.25) is 4.99 Å². The van der Waals surface area contributed by atoms with Crippen LogP contribution < -0.4 is 11.1 Å². The van der Waals surface area contributed by atoms with Gasteiger partial charge in [-0.1, -0.05) is 33.1 Å². The summed E-state index contributed by atoms with van der Waals surface area (Å²) in [6.07, 6.45) is 5.97. The van der Waals surface area contributed by atoms with Crippen LogP contribution in [0.1, 0.15) is 46.0 Å². The van der Waals surface area contributed by atoms with Crippen LogP contribution in [0.15, 0.2) is 4.99 Å².